The van der Waals surface area contributed by atoms with Gasteiger partial charge in [0.1, 0.15) is 0 Å². The first-order valence-electron chi connectivity index (χ1n) is 9.19. The van der Waals surface area contributed by atoms with Gasteiger partial charge in [0.25, 0.3) is 0 Å². The van der Waals surface area contributed by atoms with Crippen LogP contribution in [0, 0.1) is 0 Å². The Morgan fingerprint density at radius 3 is 2.20 bits per heavy atom. The highest BCUT2D eigenvalue weighted by atomic mass is 127. The molecule has 2 rings (SSSR count). The molecule has 1 heterocycles. The zero-order valence-electron chi connectivity index (χ0n) is 15.9. The van der Waals surface area contributed by atoms with Gasteiger partial charge in [0.15, 0.2) is 5.96 Å². The van der Waals surface area contributed by atoms with Crippen LogP contribution in [-0.2, 0) is 13.1 Å². The predicted molar refractivity (Wildman–Crippen MR) is 117 cm³/mol. The van der Waals surface area contributed by atoms with Crippen molar-refractivity contribution in [2.75, 3.05) is 32.7 Å². The fourth-order valence-corrected chi connectivity index (χ4v) is 2.85. The number of hydrogen-bond acceptors (Lipinski definition) is 3. The number of aliphatic imine (C=N–C) groups is 1. The molecule has 0 radical (unpaired) electrons. The standard InChI is InChI=1S/C19H33N5.HI/c1-4-16(3)22-19(20)21-14-17-6-8-18(9-7-17)15-24-12-10-23(5-2)11-13-24;/h6-9,16H,4-5,10-15H2,1-3H3,(H3,20,21,22);1H. The third kappa shape index (κ3) is 7.92. The number of likely N-dealkylation sites (N-methyl/N-ethyl adjacent to an activating group) is 1. The molecular weight excluding hydrogens is 425 g/mol. The number of nitrogens with zero attached hydrogens (tertiary/aromatic N) is 3. The average molecular weight is 459 g/mol. The lowest BCUT2D eigenvalue weighted by atomic mass is 10.1. The molecule has 6 heteroatoms. The lowest BCUT2D eigenvalue weighted by molar-refractivity contribution is 0.132. The maximum absolute atomic E-state index is 5.90. The van der Waals surface area contributed by atoms with E-state index in [9.17, 15) is 0 Å². The Morgan fingerprint density at radius 1 is 1.08 bits per heavy atom. The molecule has 5 nitrogen and oxygen atoms in total. The Bertz CT molecular complexity index is 509. The topological polar surface area (TPSA) is 56.9 Å². The van der Waals surface area contributed by atoms with Crippen molar-refractivity contribution in [3.05, 3.63) is 35.4 Å². The summed E-state index contributed by atoms with van der Waals surface area (Å²) in [5.41, 5.74) is 8.47. The van der Waals surface area contributed by atoms with Crippen molar-refractivity contribution in [2.24, 2.45) is 10.7 Å². The number of guanidine groups is 1. The fraction of sp³-hybridized carbons (Fsp3) is 0.632. The van der Waals surface area contributed by atoms with Crippen LogP contribution in [0.15, 0.2) is 29.3 Å². The van der Waals surface area contributed by atoms with E-state index in [-0.39, 0.29) is 24.0 Å². The molecule has 1 unspecified atom stereocenters. The molecule has 3 N–H and O–H groups in total. The zero-order chi connectivity index (χ0) is 17.4. The van der Waals surface area contributed by atoms with Gasteiger partial charge in [-0.1, -0.05) is 38.1 Å². The van der Waals surface area contributed by atoms with Crippen molar-refractivity contribution in [3.8, 4) is 0 Å². The molecule has 25 heavy (non-hydrogen) atoms. The number of nitrogens with one attached hydrogen (secondary N) is 1. The molecule has 0 spiro atoms. The second-order valence-electron chi connectivity index (χ2n) is 6.68. The highest BCUT2D eigenvalue weighted by molar-refractivity contribution is 14.0. The number of nitrogens with two attached hydrogens (primary N) is 1. The van der Waals surface area contributed by atoms with Crippen LogP contribution in [0.25, 0.3) is 0 Å². The van der Waals surface area contributed by atoms with E-state index in [1.54, 1.807) is 0 Å². The Hall–Kier alpha value is -0.860. The Balaban J connectivity index is 0.00000312. The van der Waals surface area contributed by atoms with E-state index in [1.165, 1.54) is 24.2 Å². The van der Waals surface area contributed by atoms with Crippen molar-refractivity contribution in [1.29, 1.82) is 0 Å². The van der Waals surface area contributed by atoms with Gasteiger partial charge in [-0.15, -0.1) is 24.0 Å². The van der Waals surface area contributed by atoms with E-state index in [0.717, 1.165) is 32.6 Å². The van der Waals surface area contributed by atoms with Crippen LogP contribution >= 0.6 is 24.0 Å². The van der Waals surface area contributed by atoms with Gasteiger partial charge in [0.05, 0.1) is 6.54 Å². The zero-order valence-corrected chi connectivity index (χ0v) is 18.2. The third-order valence-corrected chi connectivity index (χ3v) is 4.78. The van der Waals surface area contributed by atoms with E-state index in [0.29, 0.717) is 18.5 Å². The Morgan fingerprint density at radius 2 is 1.64 bits per heavy atom. The highest BCUT2D eigenvalue weighted by Gasteiger charge is 2.15. The summed E-state index contributed by atoms with van der Waals surface area (Å²) in [6, 6.07) is 9.13. The molecule has 1 aliphatic rings. The van der Waals surface area contributed by atoms with E-state index < -0.39 is 0 Å². The molecule has 0 amide bonds. The highest BCUT2D eigenvalue weighted by Crippen LogP contribution is 2.11. The van der Waals surface area contributed by atoms with Crippen molar-refractivity contribution in [3.63, 3.8) is 0 Å². The van der Waals surface area contributed by atoms with Crippen molar-refractivity contribution < 1.29 is 0 Å². The minimum absolute atomic E-state index is 0. The van der Waals surface area contributed by atoms with Crippen LogP contribution in [0.2, 0.25) is 0 Å². The molecule has 0 saturated carbocycles. The second kappa shape index (κ2) is 11.7. The van der Waals surface area contributed by atoms with Crippen LogP contribution in [0.1, 0.15) is 38.3 Å². The summed E-state index contributed by atoms with van der Waals surface area (Å²) < 4.78 is 0. The summed E-state index contributed by atoms with van der Waals surface area (Å²) in [5.74, 6) is 0.530. The van der Waals surface area contributed by atoms with Crippen molar-refractivity contribution >= 4 is 29.9 Å². The smallest absolute Gasteiger partial charge is 0.189 e. The number of hydrogen-bond donors (Lipinski definition) is 2. The van der Waals surface area contributed by atoms with Crippen LogP contribution in [-0.4, -0.2) is 54.5 Å². The van der Waals surface area contributed by atoms with Gasteiger partial charge < -0.3 is 16.0 Å². The molecule has 0 aliphatic carbocycles. The lowest BCUT2D eigenvalue weighted by Gasteiger charge is -2.34. The molecule has 1 atom stereocenters. The van der Waals surface area contributed by atoms with E-state index in [2.05, 4.69) is 65.1 Å². The summed E-state index contributed by atoms with van der Waals surface area (Å²) in [7, 11) is 0. The Labute approximate surface area is 170 Å². The average Bonchev–Trinajstić information content (AvgIpc) is 2.61. The van der Waals surface area contributed by atoms with Gasteiger partial charge in [0, 0.05) is 38.8 Å². The lowest BCUT2D eigenvalue weighted by Crippen LogP contribution is -2.45. The molecule has 0 bridgehead atoms. The van der Waals surface area contributed by atoms with Gasteiger partial charge in [-0.05, 0) is 31.0 Å². The first kappa shape index (κ1) is 22.2. The number of benzene rings is 1. The van der Waals surface area contributed by atoms with E-state index in [4.69, 9.17) is 5.73 Å². The van der Waals surface area contributed by atoms with Crippen LogP contribution in [0.5, 0.6) is 0 Å². The van der Waals surface area contributed by atoms with Crippen LogP contribution in [0.4, 0.5) is 0 Å². The number of halogens is 1. The first-order chi connectivity index (χ1) is 11.6. The molecule has 0 aromatic heterocycles. The molecule has 1 aromatic carbocycles. The molecule has 1 aliphatic heterocycles. The first-order valence-corrected chi connectivity index (χ1v) is 9.19. The van der Waals surface area contributed by atoms with Gasteiger partial charge in [-0.25, -0.2) is 4.99 Å². The van der Waals surface area contributed by atoms with Gasteiger partial charge in [-0.2, -0.15) is 0 Å². The van der Waals surface area contributed by atoms with Gasteiger partial charge in [0.2, 0.25) is 0 Å². The SMILES string of the molecule is CCC(C)NC(N)=NCc1ccc(CN2CCN(CC)CC2)cc1.I. The monoisotopic (exact) mass is 459 g/mol. The van der Waals surface area contributed by atoms with Gasteiger partial charge >= 0.3 is 0 Å². The van der Waals surface area contributed by atoms with Crippen molar-refractivity contribution in [1.82, 2.24) is 15.1 Å². The van der Waals surface area contributed by atoms with Gasteiger partial charge in [-0.3, -0.25) is 4.90 Å². The molecule has 1 aromatic rings. The predicted octanol–water partition coefficient (Wildman–Crippen LogP) is 2.64. The number of rotatable bonds is 7. The maximum Gasteiger partial charge on any atom is 0.189 e. The summed E-state index contributed by atoms with van der Waals surface area (Å²) in [6.07, 6.45) is 1.04. The molecule has 1 saturated heterocycles. The minimum Gasteiger partial charge on any atom is -0.370 e. The molecular formula is C19H34IN5. The normalized spacial score (nSPS) is 17.8. The van der Waals surface area contributed by atoms with Crippen LogP contribution < -0.4 is 11.1 Å². The fourth-order valence-electron chi connectivity index (χ4n) is 2.85. The van der Waals surface area contributed by atoms with Crippen LogP contribution in [0.3, 0.4) is 0 Å². The minimum atomic E-state index is 0. The summed E-state index contributed by atoms with van der Waals surface area (Å²) in [6.45, 7) is 14.0. The summed E-state index contributed by atoms with van der Waals surface area (Å²) in [5, 5.41) is 3.19. The molecule has 142 valence electrons. The summed E-state index contributed by atoms with van der Waals surface area (Å²) in [4.78, 5) is 9.46. The second-order valence-corrected chi connectivity index (χ2v) is 6.68. The van der Waals surface area contributed by atoms with Crippen molar-refractivity contribution in [2.45, 2.75) is 46.3 Å². The third-order valence-electron chi connectivity index (χ3n) is 4.78. The number of piperazine rings is 1. The quantitative estimate of drug-likeness (QED) is 0.374. The molecule has 1 fully saturated rings. The maximum atomic E-state index is 5.90. The van der Waals surface area contributed by atoms with E-state index >= 15 is 0 Å². The Kier molecular flexibility index (Phi) is 10.4. The van der Waals surface area contributed by atoms with E-state index in [1.807, 2.05) is 0 Å². The largest absolute Gasteiger partial charge is 0.370 e. The summed E-state index contributed by atoms with van der Waals surface area (Å²) >= 11 is 0.